The summed E-state index contributed by atoms with van der Waals surface area (Å²) in [6.07, 6.45) is 3.59. The zero-order valence-corrected chi connectivity index (χ0v) is 14.3. The molecule has 4 aliphatic rings. The lowest BCUT2D eigenvalue weighted by molar-refractivity contribution is -0.304. The van der Waals surface area contributed by atoms with Gasteiger partial charge in [-0.05, 0) is 62.7 Å². The SMILES string of the molecule is CC(F)(F)C(F)(F)C(F)(F)CCCC(=O)C12CC3CC(CC(C3)C1)C2. The second-order valence-corrected chi connectivity index (χ2v) is 8.64. The second-order valence-electron chi connectivity index (χ2n) is 8.64. The van der Waals surface area contributed by atoms with Crippen LogP contribution >= 0.6 is 0 Å². The minimum absolute atomic E-state index is 0.131. The molecule has 7 heteroatoms. The van der Waals surface area contributed by atoms with E-state index in [9.17, 15) is 31.1 Å². The van der Waals surface area contributed by atoms with Crippen molar-refractivity contribution in [3.63, 3.8) is 0 Å². The maximum atomic E-state index is 13.6. The molecule has 0 aromatic rings. The highest BCUT2D eigenvalue weighted by molar-refractivity contribution is 5.85. The van der Waals surface area contributed by atoms with Crippen LogP contribution in [0, 0.1) is 23.2 Å². The molecule has 0 aromatic heterocycles. The molecule has 4 bridgehead atoms. The smallest absolute Gasteiger partial charge is 0.299 e. The van der Waals surface area contributed by atoms with Gasteiger partial charge in [0, 0.05) is 25.2 Å². The van der Waals surface area contributed by atoms with Gasteiger partial charge in [-0.1, -0.05) is 0 Å². The molecule has 0 N–H and O–H groups in total. The third-order valence-corrected chi connectivity index (χ3v) is 6.54. The Bertz CT molecular complexity index is 501. The summed E-state index contributed by atoms with van der Waals surface area (Å²) < 4.78 is 79.2. The zero-order valence-electron chi connectivity index (χ0n) is 14.3. The van der Waals surface area contributed by atoms with Crippen molar-refractivity contribution in [2.45, 2.75) is 82.5 Å². The normalized spacial score (nSPS) is 35.2. The monoisotopic (exact) mass is 370 g/mol. The van der Waals surface area contributed by atoms with Crippen LogP contribution in [-0.4, -0.2) is 23.6 Å². The van der Waals surface area contributed by atoms with Crippen molar-refractivity contribution >= 4 is 5.78 Å². The molecule has 0 atom stereocenters. The molecule has 0 spiro atoms. The van der Waals surface area contributed by atoms with Gasteiger partial charge in [0.25, 0.3) is 0 Å². The highest BCUT2D eigenvalue weighted by Gasteiger charge is 2.68. The molecule has 0 aromatic carbocycles. The first kappa shape index (κ1) is 19.0. The van der Waals surface area contributed by atoms with E-state index in [0.29, 0.717) is 17.8 Å². The minimum atomic E-state index is -5.41. The van der Waals surface area contributed by atoms with Crippen molar-refractivity contribution in [2.24, 2.45) is 23.2 Å². The summed E-state index contributed by atoms with van der Waals surface area (Å²) in [6.45, 7) is -0.207. The molecule has 0 amide bonds. The lowest BCUT2D eigenvalue weighted by atomic mass is 9.48. The lowest BCUT2D eigenvalue weighted by Gasteiger charge is -2.56. The Morgan fingerprint density at radius 1 is 0.920 bits per heavy atom. The molecule has 4 fully saturated rings. The van der Waals surface area contributed by atoms with Gasteiger partial charge >= 0.3 is 17.8 Å². The van der Waals surface area contributed by atoms with Crippen molar-refractivity contribution in [2.75, 3.05) is 0 Å². The molecular formula is C18H24F6O. The van der Waals surface area contributed by atoms with Gasteiger partial charge in [-0.2, -0.15) is 26.3 Å². The molecule has 0 unspecified atom stereocenters. The predicted molar refractivity (Wildman–Crippen MR) is 80.0 cm³/mol. The van der Waals surface area contributed by atoms with Crippen molar-refractivity contribution in [1.82, 2.24) is 0 Å². The van der Waals surface area contributed by atoms with E-state index in [1.165, 1.54) is 0 Å². The van der Waals surface area contributed by atoms with E-state index in [4.69, 9.17) is 0 Å². The topological polar surface area (TPSA) is 17.1 Å². The summed E-state index contributed by atoms with van der Waals surface area (Å²) in [6, 6.07) is 0. The van der Waals surface area contributed by atoms with E-state index in [-0.39, 0.29) is 19.1 Å². The maximum Gasteiger partial charge on any atom is 0.371 e. The van der Waals surface area contributed by atoms with Gasteiger partial charge in [0.15, 0.2) is 0 Å². The van der Waals surface area contributed by atoms with Crippen LogP contribution in [0.4, 0.5) is 26.3 Å². The summed E-state index contributed by atoms with van der Waals surface area (Å²) >= 11 is 0. The maximum absolute atomic E-state index is 13.6. The van der Waals surface area contributed by atoms with Gasteiger partial charge in [-0.25, -0.2) is 0 Å². The third-order valence-electron chi connectivity index (χ3n) is 6.54. The van der Waals surface area contributed by atoms with Gasteiger partial charge in [0.1, 0.15) is 5.78 Å². The number of hydrogen-bond donors (Lipinski definition) is 0. The van der Waals surface area contributed by atoms with Gasteiger partial charge < -0.3 is 0 Å². The average molecular weight is 370 g/mol. The molecule has 25 heavy (non-hydrogen) atoms. The molecule has 0 radical (unpaired) electrons. The fourth-order valence-corrected chi connectivity index (χ4v) is 5.67. The number of rotatable bonds is 7. The molecule has 4 aliphatic carbocycles. The standard InChI is InChI=1S/C18H24F6O/c1-15(19,20)18(23,24)17(21,22)4-2-3-14(25)16-8-11-5-12(9-16)7-13(6-11)10-16/h11-13H,2-10H2,1H3. The van der Waals surface area contributed by atoms with E-state index in [1.807, 2.05) is 0 Å². The van der Waals surface area contributed by atoms with Crippen LogP contribution in [0.25, 0.3) is 0 Å². The Hall–Kier alpha value is -0.750. The van der Waals surface area contributed by atoms with Crippen molar-refractivity contribution in [1.29, 1.82) is 0 Å². The Kier molecular flexibility index (Phi) is 4.47. The number of hydrogen-bond acceptors (Lipinski definition) is 1. The zero-order chi connectivity index (χ0) is 18.7. The first-order chi connectivity index (χ1) is 11.4. The van der Waals surface area contributed by atoms with Crippen LogP contribution in [0.2, 0.25) is 0 Å². The summed E-state index contributed by atoms with van der Waals surface area (Å²) in [5.41, 5.74) is -0.471. The van der Waals surface area contributed by atoms with E-state index in [0.717, 1.165) is 38.5 Å². The molecular weight excluding hydrogens is 346 g/mol. The lowest BCUT2D eigenvalue weighted by Crippen LogP contribution is -2.52. The first-order valence-electron chi connectivity index (χ1n) is 9.03. The predicted octanol–water partition coefficient (Wildman–Crippen LogP) is 5.87. The largest absolute Gasteiger partial charge is 0.371 e. The minimum Gasteiger partial charge on any atom is -0.299 e. The highest BCUT2D eigenvalue weighted by Crippen LogP contribution is 2.60. The Balaban J connectivity index is 1.58. The molecule has 0 heterocycles. The molecule has 144 valence electrons. The summed E-state index contributed by atoms with van der Waals surface area (Å²) in [5, 5.41) is 0. The number of Topliss-reactive ketones (excluding diaryl/α,β-unsaturated/α-hetero) is 1. The van der Waals surface area contributed by atoms with Crippen LogP contribution in [0.3, 0.4) is 0 Å². The third kappa shape index (κ3) is 3.20. The Labute approximate surface area is 143 Å². The van der Waals surface area contributed by atoms with Gasteiger partial charge in [-0.15, -0.1) is 0 Å². The molecule has 0 saturated heterocycles. The number of halogens is 6. The van der Waals surface area contributed by atoms with Gasteiger partial charge in [0.05, 0.1) is 0 Å². The molecule has 4 saturated carbocycles. The molecule has 0 aliphatic heterocycles. The fraction of sp³-hybridized carbons (Fsp3) is 0.944. The van der Waals surface area contributed by atoms with Crippen molar-refractivity contribution in [3.05, 3.63) is 0 Å². The van der Waals surface area contributed by atoms with Gasteiger partial charge in [0.2, 0.25) is 0 Å². The number of carbonyl (C=O) groups is 1. The van der Waals surface area contributed by atoms with Crippen LogP contribution in [0.5, 0.6) is 0 Å². The van der Waals surface area contributed by atoms with E-state index < -0.39 is 36.0 Å². The van der Waals surface area contributed by atoms with E-state index in [1.54, 1.807) is 0 Å². The number of alkyl halides is 6. The van der Waals surface area contributed by atoms with Crippen molar-refractivity contribution in [3.8, 4) is 0 Å². The highest BCUT2D eigenvalue weighted by atomic mass is 19.3. The average Bonchev–Trinajstić information content (AvgIpc) is 2.44. The van der Waals surface area contributed by atoms with Crippen LogP contribution < -0.4 is 0 Å². The quantitative estimate of drug-likeness (QED) is 0.513. The molecule has 4 rings (SSSR count). The van der Waals surface area contributed by atoms with Crippen LogP contribution in [0.1, 0.15) is 64.7 Å². The summed E-state index contributed by atoms with van der Waals surface area (Å²) in [4.78, 5) is 12.6. The second kappa shape index (κ2) is 5.88. The Morgan fingerprint density at radius 3 is 1.76 bits per heavy atom. The van der Waals surface area contributed by atoms with Crippen molar-refractivity contribution < 1.29 is 31.1 Å². The first-order valence-corrected chi connectivity index (χ1v) is 9.03. The summed E-state index contributed by atoms with van der Waals surface area (Å²) in [5.74, 6) is -13.6. The fourth-order valence-electron chi connectivity index (χ4n) is 5.67. The van der Waals surface area contributed by atoms with E-state index in [2.05, 4.69) is 0 Å². The van der Waals surface area contributed by atoms with E-state index >= 15 is 0 Å². The van der Waals surface area contributed by atoms with Crippen LogP contribution in [0.15, 0.2) is 0 Å². The van der Waals surface area contributed by atoms with Gasteiger partial charge in [-0.3, -0.25) is 4.79 Å². The van der Waals surface area contributed by atoms with Crippen LogP contribution in [-0.2, 0) is 4.79 Å². The number of ketones is 1. The Morgan fingerprint density at radius 2 is 1.36 bits per heavy atom. The molecule has 1 nitrogen and oxygen atoms in total. The number of carbonyl (C=O) groups excluding carboxylic acids is 1. The summed E-state index contributed by atoms with van der Waals surface area (Å²) in [7, 11) is 0.